The lowest BCUT2D eigenvalue weighted by molar-refractivity contribution is -0.142. The van der Waals surface area contributed by atoms with Gasteiger partial charge < -0.3 is 20.3 Å². The summed E-state index contributed by atoms with van der Waals surface area (Å²) in [5, 5.41) is 5.76. The zero-order valence-corrected chi connectivity index (χ0v) is 23.2. The van der Waals surface area contributed by atoms with Gasteiger partial charge in [-0.05, 0) is 57.2 Å². The van der Waals surface area contributed by atoms with Crippen molar-refractivity contribution in [2.75, 3.05) is 13.1 Å². The average Bonchev–Trinajstić information content (AvgIpc) is 2.86. The summed E-state index contributed by atoms with van der Waals surface area (Å²) in [5.41, 5.74) is 2.07. The van der Waals surface area contributed by atoms with Gasteiger partial charge in [0.05, 0.1) is 0 Å². The van der Waals surface area contributed by atoms with E-state index in [9.17, 15) is 14.4 Å². The Morgan fingerprint density at radius 3 is 2.11 bits per heavy atom. The van der Waals surface area contributed by atoms with Crippen LogP contribution in [-0.4, -0.2) is 47.5 Å². The smallest absolute Gasteiger partial charge is 0.408 e. The van der Waals surface area contributed by atoms with E-state index in [0.29, 0.717) is 13.1 Å². The number of carbonyl (C=O) groups is 3. The SMILES string of the molecule is CCCCNC(=O)C(c1ccc(CC)cc1)N(CC)C(=O)C(Cc1ccccc1)NC(=O)OC(C)(C)C. The zero-order chi connectivity index (χ0) is 27.4. The van der Waals surface area contributed by atoms with E-state index in [1.807, 2.05) is 61.5 Å². The molecule has 0 spiro atoms. The van der Waals surface area contributed by atoms with Crippen LogP contribution in [0.2, 0.25) is 0 Å². The molecule has 2 atom stereocenters. The predicted octanol–water partition coefficient (Wildman–Crippen LogP) is 5.19. The molecule has 0 aliphatic rings. The third-order valence-electron chi connectivity index (χ3n) is 5.99. The van der Waals surface area contributed by atoms with Crippen molar-refractivity contribution >= 4 is 17.9 Å². The number of ether oxygens (including phenoxy) is 1. The third kappa shape index (κ3) is 9.56. The Morgan fingerprint density at radius 1 is 0.919 bits per heavy atom. The average molecular weight is 510 g/mol. The second-order valence-corrected chi connectivity index (χ2v) is 10.2. The number of amides is 3. The summed E-state index contributed by atoms with van der Waals surface area (Å²) >= 11 is 0. The van der Waals surface area contributed by atoms with Gasteiger partial charge in [0, 0.05) is 19.5 Å². The minimum atomic E-state index is -0.905. The van der Waals surface area contributed by atoms with Gasteiger partial charge in [-0.1, -0.05) is 74.9 Å². The van der Waals surface area contributed by atoms with Crippen molar-refractivity contribution in [2.45, 2.75) is 84.9 Å². The lowest BCUT2D eigenvalue weighted by atomic mass is 9.99. The minimum absolute atomic E-state index is 0.233. The Kier molecular flexibility index (Phi) is 11.6. The molecule has 0 aliphatic carbocycles. The van der Waals surface area contributed by atoms with Gasteiger partial charge >= 0.3 is 6.09 Å². The summed E-state index contributed by atoms with van der Waals surface area (Å²) in [7, 11) is 0. The van der Waals surface area contributed by atoms with Crippen molar-refractivity contribution < 1.29 is 19.1 Å². The van der Waals surface area contributed by atoms with Gasteiger partial charge in [0.2, 0.25) is 11.8 Å². The van der Waals surface area contributed by atoms with Crippen LogP contribution in [0.5, 0.6) is 0 Å². The summed E-state index contributed by atoms with van der Waals surface area (Å²) in [6.07, 6.45) is 2.28. The largest absolute Gasteiger partial charge is 0.444 e. The molecule has 0 saturated heterocycles. The molecule has 2 unspecified atom stereocenters. The number of nitrogens with one attached hydrogen (secondary N) is 2. The van der Waals surface area contributed by atoms with Crippen LogP contribution in [0, 0.1) is 0 Å². The quantitative estimate of drug-likeness (QED) is 0.386. The molecule has 0 heterocycles. The summed E-state index contributed by atoms with van der Waals surface area (Å²) in [6, 6.07) is 15.6. The molecule has 0 aromatic heterocycles. The molecule has 37 heavy (non-hydrogen) atoms. The molecule has 3 amide bonds. The van der Waals surface area contributed by atoms with E-state index in [0.717, 1.165) is 36.0 Å². The number of hydrogen-bond donors (Lipinski definition) is 2. The first-order valence-corrected chi connectivity index (χ1v) is 13.3. The molecule has 0 saturated carbocycles. The second kappa shape index (κ2) is 14.4. The van der Waals surface area contributed by atoms with Crippen molar-refractivity contribution in [2.24, 2.45) is 0 Å². The Hall–Kier alpha value is -3.35. The number of rotatable bonds is 12. The molecule has 2 aromatic carbocycles. The van der Waals surface area contributed by atoms with Gasteiger partial charge in [0.25, 0.3) is 0 Å². The number of alkyl carbamates (subject to hydrolysis) is 1. The maximum atomic E-state index is 14.0. The lowest BCUT2D eigenvalue weighted by Crippen LogP contribution is -2.53. The highest BCUT2D eigenvalue weighted by atomic mass is 16.6. The minimum Gasteiger partial charge on any atom is -0.444 e. The van der Waals surface area contributed by atoms with Crippen LogP contribution in [0.1, 0.15) is 77.1 Å². The number of likely N-dealkylation sites (N-methyl/N-ethyl adjacent to an activating group) is 1. The molecule has 7 nitrogen and oxygen atoms in total. The Bertz CT molecular complexity index is 1000. The number of unbranched alkanes of at least 4 members (excludes halogenated alkanes) is 1. The van der Waals surface area contributed by atoms with Crippen LogP contribution >= 0.6 is 0 Å². The highest BCUT2D eigenvalue weighted by Gasteiger charge is 2.35. The molecule has 202 valence electrons. The Morgan fingerprint density at radius 2 is 1.57 bits per heavy atom. The number of hydrogen-bond acceptors (Lipinski definition) is 4. The van der Waals surface area contributed by atoms with E-state index in [2.05, 4.69) is 24.5 Å². The molecule has 0 radical (unpaired) electrons. The van der Waals surface area contributed by atoms with Gasteiger partial charge in [0.15, 0.2) is 0 Å². The van der Waals surface area contributed by atoms with Gasteiger partial charge in [0.1, 0.15) is 17.7 Å². The number of benzene rings is 2. The van der Waals surface area contributed by atoms with Crippen LogP contribution in [0.15, 0.2) is 54.6 Å². The summed E-state index contributed by atoms with van der Waals surface area (Å²) in [5.74, 6) is -0.573. The first-order valence-electron chi connectivity index (χ1n) is 13.3. The Balaban J connectivity index is 2.43. The highest BCUT2D eigenvalue weighted by molar-refractivity contribution is 5.92. The van der Waals surface area contributed by atoms with Gasteiger partial charge in [-0.3, -0.25) is 9.59 Å². The maximum absolute atomic E-state index is 14.0. The van der Waals surface area contributed by atoms with Gasteiger partial charge in [-0.2, -0.15) is 0 Å². The molecule has 0 bridgehead atoms. The van der Waals surface area contributed by atoms with Crippen LogP contribution < -0.4 is 10.6 Å². The third-order valence-corrected chi connectivity index (χ3v) is 5.99. The Labute approximate surface area is 222 Å². The fourth-order valence-electron chi connectivity index (χ4n) is 4.06. The second-order valence-electron chi connectivity index (χ2n) is 10.2. The summed E-state index contributed by atoms with van der Waals surface area (Å²) in [4.78, 5) is 41.7. The maximum Gasteiger partial charge on any atom is 0.408 e. The topological polar surface area (TPSA) is 87.7 Å². The summed E-state index contributed by atoms with van der Waals surface area (Å²) in [6.45, 7) is 12.1. The van der Waals surface area contributed by atoms with E-state index < -0.39 is 23.8 Å². The highest BCUT2D eigenvalue weighted by Crippen LogP contribution is 2.24. The van der Waals surface area contributed by atoms with Crippen molar-refractivity contribution in [3.05, 3.63) is 71.3 Å². The normalized spacial score (nSPS) is 12.8. The van der Waals surface area contributed by atoms with Crippen LogP contribution in [-0.2, 0) is 27.2 Å². The van der Waals surface area contributed by atoms with Crippen molar-refractivity contribution in [3.8, 4) is 0 Å². The van der Waals surface area contributed by atoms with E-state index >= 15 is 0 Å². The molecular formula is C30H43N3O4. The summed E-state index contributed by atoms with van der Waals surface area (Å²) < 4.78 is 5.45. The molecule has 2 aromatic rings. The van der Waals surface area contributed by atoms with Crippen molar-refractivity contribution in [1.29, 1.82) is 0 Å². The first kappa shape index (κ1) is 29.9. The molecule has 2 rings (SSSR count). The number of aryl methyl sites for hydroxylation is 1. The number of carbonyl (C=O) groups excluding carboxylic acids is 3. The van der Waals surface area contributed by atoms with Crippen molar-refractivity contribution in [3.63, 3.8) is 0 Å². The molecule has 7 heteroatoms. The van der Waals surface area contributed by atoms with E-state index in [1.54, 1.807) is 25.7 Å². The van der Waals surface area contributed by atoms with Crippen molar-refractivity contribution in [1.82, 2.24) is 15.5 Å². The zero-order valence-electron chi connectivity index (χ0n) is 23.2. The number of nitrogens with zero attached hydrogens (tertiary/aromatic N) is 1. The van der Waals surface area contributed by atoms with E-state index in [4.69, 9.17) is 4.74 Å². The molecule has 0 fully saturated rings. The van der Waals surface area contributed by atoms with Gasteiger partial charge in [-0.25, -0.2) is 4.79 Å². The van der Waals surface area contributed by atoms with Crippen LogP contribution in [0.4, 0.5) is 4.79 Å². The first-order chi connectivity index (χ1) is 17.6. The fraction of sp³-hybridized carbons (Fsp3) is 0.500. The fourth-order valence-corrected chi connectivity index (χ4v) is 4.06. The molecule has 0 aliphatic heterocycles. The van der Waals surface area contributed by atoms with Crippen LogP contribution in [0.3, 0.4) is 0 Å². The standard InChI is InChI=1S/C30H43N3O4/c1-7-10-20-31-27(34)26(24-18-16-22(8-2)17-19-24)33(9-3)28(35)25(21-23-14-12-11-13-15-23)32-29(36)37-30(4,5)6/h11-19,25-26H,7-10,20-21H2,1-6H3,(H,31,34)(H,32,36). The van der Waals surface area contributed by atoms with Crippen LogP contribution in [0.25, 0.3) is 0 Å². The van der Waals surface area contributed by atoms with E-state index in [1.165, 1.54) is 0 Å². The molecule has 2 N–H and O–H groups in total. The van der Waals surface area contributed by atoms with E-state index in [-0.39, 0.29) is 18.2 Å². The van der Waals surface area contributed by atoms with Gasteiger partial charge in [-0.15, -0.1) is 0 Å². The molecular weight excluding hydrogens is 466 g/mol. The monoisotopic (exact) mass is 509 g/mol. The lowest BCUT2D eigenvalue weighted by Gasteiger charge is -2.34. The predicted molar refractivity (Wildman–Crippen MR) is 147 cm³/mol.